The van der Waals surface area contributed by atoms with Crippen molar-refractivity contribution in [1.29, 1.82) is 0 Å². The van der Waals surface area contributed by atoms with Crippen molar-refractivity contribution in [1.82, 2.24) is 14.3 Å². The number of hydrogen-bond donors (Lipinski definition) is 2. The molecule has 3 aromatic rings. The number of nitro groups is 1. The normalized spacial score (nSPS) is 13.0. The SMILES string of the molecule is Cn1ccnc1[C@H](Nc1ccc(S(=O)(=O)NC(C)(C)C)cc1[N+](=O)[O-])c1ccc(Cl)cc1. The number of nitrogens with one attached hydrogen (secondary N) is 2. The van der Waals surface area contributed by atoms with Crippen molar-refractivity contribution in [3.63, 3.8) is 0 Å². The molecule has 9 nitrogen and oxygen atoms in total. The van der Waals surface area contributed by atoms with E-state index in [0.717, 1.165) is 11.6 Å². The lowest BCUT2D eigenvalue weighted by atomic mass is 10.1. The van der Waals surface area contributed by atoms with Crippen LogP contribution in [0.15, 0.2) is 59.8 Å². The van der Waals surface area contributed by atoms with Crippen molar-refractivity contribution >= 4 is 33.0 Å². The molecule has 32 heavy (non-hydrogen) atoms. The zero-order chi connectivity index (χ0) is 23.7. The molecule has 0 amide bonds. The lowest BCUT2D eigenvalue weighted by Crippen LogP contribution is -2.40. The largest absolute Gasteiger partial charge is 0.366 e. The van der Waals surface area contributed by atoms with Crippen molar-refractivity contribution in [3.8, 4) is 0 Å². The molecule has 1 aromatic heterocycles. The van der Waals surface area contributed by atoms with Gasteiger partial charge in [0.05, 0.1) is 9.82 Å². The van der Waals surface area contributed by atoms with Gasteiger partial charge in [-0.1, -0.05) is 23.7 Å². The van der Waals surface area contributed by atoms with Gasteiger partial charge in [-0.25, -0.2) is 18.1 Å². The number of sulfonamides is 1. The molecule has 0 bridgehead atoms. The van der Waals surface area contributed by atoms with Crippen LogP contribution in [0.25, 0.3) is 0 Å². The third-order valence-corrected chi connectivity index (χ3v) is 6.54. The van der Waals surface area contributed by atoms with Crippen LogP contribution < -0.4 is 10.0 Å². The zero-order valence-electron chi connectivity index (χ0n) is 18.0. The Balaban J connectivity index is 2.06. The first-order valence-electron chi connectivity index (χ1n) is 9.69. The Morgan fingerprint density at radius 3 is 2.34 bits per heavy atom. The van der Waals surface area contributed by atoms with Crippen molar-refractivity contribution in [2.75, 3.05) is 5.32 Å². The van der Waals surface area contributed by atoms with Crippen LogP contribution in [-0.4, -0.2) is 28.4 Å². The molecule has 0 saturated carbocycles. The molecule has 0 radical (unpaired) electrons. The second-order valence-corrected chi connectivity index (χ2v) is 10.4. The van der Waals surface area contributed by atoms with E-state index < -0.39 is 26.5 Å². The van der Waals surface area contributed by atoms with Crippen LogP contribution in [-0.2, 0) is 17.1 Å². The lowest BCUT2D eigenvalue weighted by Gasteiger charge is -2.22. The Morgan fingerprint density at radius 2 is 1.81 bits per heavy atom. The number of imidazole rings is 1. The fraction of sp³-hybridized carbons (Fsp3) is 0.286. The van der Waals surface area contributed by atoms with E-state index in [1.807, 2.05) is 7.05 Å². The predicted molar refractivity (Wildman–Crippen MR) is 123 cm³/mol. The molecule has 0 spiro atoms. The molecular formula is C21H24ClN5O4S. The molecule has 0 saturated heterocycles. The first kappa shape index (κ1) is 23.7. The number of nitrogens with zero attached hydrogens (tertiary/aromatic N) is 3. The maximum absolute atomic E-state index is 12.7. The standard InChI is InChI=1S/C21H24ClN5O4S/c1-21(2,3)25-32(30,31)16-9-10-17(18(13-16)27(28)29)24-19(20-23-11-12-26(20)4)14-5-7-15(22)8-6-14/h5-13,19,24-25H,1-4H3/t19-/m1/s1. The molecule has 0 fully saturated rings. The molecule has 11 heteroatoms. The smallest absolute Gasteiger partial charge is 0.293 e. The Kier molecular flexibility index (Phi) is 6.59. The minimum atomic E-state index is -3.94. The first-order valence-corrected chi connectivity index (χ1v) is 11.6. The van der Waals surface area contributed by atoms with Crippen LogP contribution in [0.5, 0.6) is 0 Å². The number of halogens is 1. The van der Waals surface area contributed by atoms with Crippen LogP contribution >= 0.6 is 11.6 Å². The summed E-state index contributed by atoms with van der Waals surface area (Å²) in [5.41, 5.74) is -0.158. The maximum atomic E-state index is 12.7. The third-order valence-electron chi connectivity index (χ3n) is 4.54. The fourth-order valence-corrected chi connectivity index (χ4v) is 4.74. The van der Waals surface area contributed by atoms with Crippen LogP contribution in [0.1, 0.15) is 38.2 Å². The summed E-state index contributed by atoms with van der Waals surface area (Å²) in [4.78, 5) is 15.4. The van der Waals surface area contributed by atoms with Crippen LogP contribution in [0.3, 0.4) is 0 Å². The van der Waals surface area contributed by atoms with E-state index >= 15 is 0 Å². The Morgan fingerprint density at radius 1 is 1.16 bits per heavy atom. The summed E-state index contributed by atoms with van der Waals surface area (Å²) in [7, 11) is -2.12. The van der Waals surface area contributed by atoms with Crippen molar-refractivity contribution in [2.24, 2.45) is 7.05 Å². The van der Waals surface area contributed by atoms with E-state index in [-0.39, 0.29) is 16.3 Å². The average Bonchev–Trinajstić information content (AvgIpc) is 3.10. The minimum Gasteiger partial charge on any atom is -0.366 e. The maximum Gasteiger partial charge on any atom is 0.293 e. The average molecular weight is 478 g/mol. The second kappa shape index (κ2) is 8.89. The molecular weight excluding hydrogens is 454 g/mol. The molecule has 170 valence electrons. The topological polar surface area (TPSA) is 119 Å². The van der Waals surface area contributed by atoms with E-state index in [4.69, 9.17) is 11.6 Å². The van der Waals surface area contributed by atoms with E-state index in [2.05, 4.69) is 15.0 Å². The van der Waals surface area contributed by atoms with Crippen molar-refractivity contribution in [3.05, 3.63) is 81.4 Å². The van der Waals surface area contributed by atoms with Crippen LogP contribution in [0.4, 0.5) is 11.4 Å². The fourth-order valence-electron chi connectivity index (χ4n) is 3.18. The van der Waals surface area contributed by atoms with Gasteiger partial charge in [-0.15, -0.1) is 0 Å². The molecule has 0 unspecified atom stereocenters. The third kappa shape index (κ3) is 5.45. The van der Waals surface area contributed by atoms with Gasteiger partial charge in [-0.3, -0.25) is 10.1 Å². The van der Waals surface area contributed by atoms with E-state index in [9.17, 15) is 18.5 Å². The summed E-state index contributed by atoms with van der Waals surface area (Å²) in [6, 6.07) is 10.3. The van der Waals surface area contributed by atoms with Crippen molar-refractivity contribution in [2.45, 2.75) is 37.2 Å². The van der Waals surface area contributed by atoms with Crippen LogP contribution in [0, 0.1) is 10.1 Å². The summed E-state index contributed by atoms with van der Waals surface area (Å²) in [5.74, 6) is 0.618. The highest BCUT2D eigenvalue weighted by molar-refractivity contribution is 7.89. The Hall–Kier alpha value is -2.95. The molecule has 3 rings (SSSR count). The van der Waals surface area contributed by atoms with Gasteiger partial charge in [0, 0.05) is 36.1 Å². The summed E-state index contributed by atoms with van der Waals surface area (Å²) >= 11 is 6.01. The van der Waals surface area contributed by atoms with Crippen molar-refractivity contribution < 1.29 is 13.3 Å². The highest BCUT2D eigenvalue weighted by Crippen LogP contribution is 2.33. The molecule has 2 N–H and O–H groups in total. The number of aromatic nitrogens is 2. The molecule has 0 aliphatic heterocycles. The highest BCUT2D eigenvalue weighted by Gasteiger charge is 2.27. The summed E-state index contributed by atoms with van der Waals surface area (Å²) < 4.78 is 29.6. The van der Waals surface area contributed by atoms with Crippen LogP contribution in [0.2, 0.25) is 5.02 Å². The van der Waals surface area contributed by atoms with Gasteiger partial charge in [-0.05, 0) is 50.6 Å². The van der Waals surface area contributed by atoms with Gasteiger partial charge < -0.3 is 9.88 Å². The molecule has 1 atom stereocenters. The zero-order valence-corrected chi connectivity index (χ0v) is 19.6. The molecule has 0 aliphatic rings. The van der Waals surface area contributed by atoms with Gasteiger partial charge in [0.15, 0.2) is 0 Å². The van der Waals surface area contributed by atoms with Gasteiger partial charge in [-0.2, -0.15) is 0 Å². The van der Waals surface area contributed by atoms with E-state index in [1.54, 1.807) is 62.0 Å². The minimum absolute atomic E-state index is 0.160. The highest BCUT2D eigenvalue weighted by atomic mass is 35.5. The van der Waals surface area contributed by atoms with Gasteiger partial charge in [0.2, 0.25) is 10.0 Å². The number of hydrogen-bond acceptors (Lipinski definition) is 6. The number of nitro benzene ring substituents is 1. The number of rotatable bonds is 7. The second-order valence-electron chi connectivity index (χ2n) is 8.32. The first-order chi connectivity index (χ1) is 14.9. The van der Waals surface area contributed by atoms with Gasteiger partial charge >= 0.3 is 0 Å². The van der Waals surface area contributed by atoms with Gasteiger partial charge in [0.1, 0.15) is 17.6 Å². The molecule has 2 aromatic carbocycles. The van der Waals surface area contributed by atoms with E-state index in [0.29, 0.717) is 10.8 Å². The summed E-state index contributed by atoms with van der Waals surface area (Å²) in [6.07, 6.45) is 3.39. The summed E-state index contributed by atoms with van der Waals surface area (Å²) in [5, 5.41) is 15.5. The predicted octanol–water partition coefficient (Wildman–Crippen LogP) is 4.26. The quantitative estimate of drug-likeness (QED) is 0.387. The Bertz CT molecular complexity index is 1230. The Labute approximate surface area is 191 Å². The summed E-state index contributed by atoms with van der Waals surface area (Å²) in [6.45, 7) is 5.08. The number of benzene rings is 2. The molecule has 1 heterocycles. The van der Waals surface area contributed by atoms with Gasteiger partial charge in [0.25, 0.3) is 5.69 Å². The molecule has 0 aliphatic carbocycles. The monoisotopic (exact) mass is 477 g/mol. The lowest BCUT2D eigenvalue weighted by molar-refractivity contribution is -0.384. The number of aryl methyl sites for hydroxylation is 1. The van der Waals surface area contributed by atoms with E-state index in [1.165, 1.54) is 12.1 Å². The number of anilines is 1.